The number of rotatable bonds is 5. The molecule has 3 heterocycles. The molecule has 2 bridgehead atoms. The molecule has 0 aromatic carbocycles. The van der Waals surface area contributed by atoms with Gasteiger partial charge in [0.1, 0.15) is 11.6 Å². The third kappa shape index (κ3) is 2.78. The van der Waals surface area contributed by atoms with E-state index in [1.54, 1.807) is 6.20 Å². The van der Waals surface area contributed by atoms with Crippen molar-refractivity contribution in [2.75, 3.05) is 10.6 Å². The fraction of sp³-hybridized carbons (Fsp3) is 0.400. The maximum atomic E-state index is 9.05. The molecule has 0 amide bonds. The summed E-state index contributed by atoms with van der Waals surface area (Å²) >= 11 is 0. The largest absolute Gasteiger partial charge is 0.364 e. The van der Waals surface area contributed by atoms with E-state index in [0.29, 0.717) is 24.1 Å². The van der Waals surface area contributed by atoms with Gasteiger partial charge in [-0.15, -0.1) is 0 Å². The van der Waals surface area contributed by atoms with Crippen molar-refractivity contribution in [2.45, 2.75) is 38.1 Å². The summed E-state index contributed by atoms with van der Waals surface area (Å²) in [6.07, 6.45) is 5.75. The van der Waals surface area contributed by atoms with Gasteiger partial charge in [0.15, 0.2) is 5.82 Å². The molecular formula is C20H21N7. The van der Waals surface area contributed by atoms with Crippen LogP contribution in [-0.4, -0.2) is 25.7 Å². The Labute approximate surface area is 157 Å². The Balaban J connectivity index is 1.47. The number of aryl methyl sites for hydroxylation is 1. The van der Waals surface area contributed by atoms with Gasteiger partial charge in [0.25, 0.3) is 0 Å². The highest BCUT2D eigenvalue weighted by molar-refractivity contribution is 5.91. The molecule has 0 aliphatic heterocycles. The Bertz CT molecular complexity index is 1040. The molecule has 0 saturated heterocycles. The zero-order valence-corrected chi connectivity index (χ0v) is 15.2. The number of hydrogen-bond acceptors (Lipinski definition) is 6. The average molecular weight is 359 g/mol. The monoisotopic (exact) mass is 359 g/mol. The fourth-order valence-electron chi connectivity index (χ4n) is 4.72. The molecule has 3 aromatic rings. The van der Waals surface area contributed by atoms with E-state index in [4.69, 9.17) is 10.2 Å². The molecule has 1 unspecified atom stereocenters. The lowest BCUT2D eigenvalue weighted by Gasteiger charge is -2.40. The third-order valence-corrected chi connectivity index (χ3v) is 5.92. The van der Waals surface area contributed by atoms with Gasteiger partial charge in [0, 0.05) is 41.4 Å². The number of fused-ring (bicyclic) bond motifs is 2. The molecule has 1 atom stereocenters. The first-order valence-corrected chi connectivity index (χ1v) is 9.34. The first kappa shape index (κ1) is 16.1. The zero-order chi connectivity index (χ0) is 18.4. The summed E-state index contributed by atoms with van der Waals surface area (Å²) in [5.74, 6) is 3.49. The van der Waals surface area contributed by atoms with Gasteiger partial charge in [0.05, 0.1) is 11.6 Å². The number of pyridine rings is 2. The molecule has 3 saturated carbocycles. The second kappa shape index (κ2) is 5.95. The van der Waals surface area contributed by atoms with Crippen molar-refractivity contribution < 1.29 is 0 Å². The number of aromatic nitrogens is 4. The van der Waals surface area contributed by atoms with E-state index in [9.17, 15) is 0 Å². The van der Waals surface area contributed by atoms with Crippen LogP contribution in [0.25, 0.3) is 10.9 Å². The van der Waals surface area contributed by atoms with E-state index < -0.39 is 0 Å². The summed E-state index contributed by atoms with van der Waals surface area (Å²) in [7, 11) is 0. The maximum absolute atomic E-state index is 9.05. The topological polar surface area (TPSA) is 102 Å². The van der Waals surface area contributed by atoms with Crippen LogP contribution in [0.2, 0.25) is 0 Å². The Kier molecular flexibility index (Phi) is 3.54. The van der Waals surface area contributed by atoms with Crippen molar-refractivity contribution in [3.05, 3.63) is 36.2 Å². The molecule has 3 N–H and O–H groups in total. The summed E-state index contributed by atoms with van der Waals surface area (Å²) < 4.78 is 0. The van der Waals surface area contributed by atoms with Crippen LogP contribution in [-0.2, 0) is 0 Å². The van der Waals surface area contributed by atoms with Gasteiger partial charge >= 0.3 is 0 Å². The fourth-order valence-corrected chi connectivity index (χ4v) is 4.72. The van der Waals surface area contributed by atoms with E-state index in [0.717, 1.165) is 47.5 Å². The average Bonchev–Trinajstić information content (AvgIpc) is 3.28. The van der Waals surface area contributed by atoms with E-state index >= 15 is 0 Å². The second-order valence-electron chi connectivity index (χ2n) is 7.89. The summed E-state index contributed by atoms with van der Waals surface area (Å²) in [4.78, 5) is 9.34. The molecule has 6 rings (SSSR count). The number of nitrogens with zero attached hydrogens (tertiary/aromatic N) is 4. The molecule has 0 radical (unpaired) electrons. The van der Waals surface area contributed by atoms with Crippen LogP contribution in [0.15, 0.2) is 30.5 Å². The van der Waals surface area contributed by atoms with Gasteiger partial charge in [-0.1, -0.05) is 0 Å². The Morgan fingerprint density at radius 2 is 2.19 bits per heavy atom. The lowest BCUT2D eigenvalue weighted by Crippen LogP contribution is -2.43. The van der Waals surface area contributed by atoms with Crippen LogP contribution < -0.4 is 10.6 Å². The molecule has 3 aromatic heterocycles. The van der Waals surface area contributed by atoms with E-state index in [1.165, 1.54) is 0 Å². The van der Waals surface area contributed by atoms with Crippen LogP contribution >= 0.6 is 0 Å². The Morgan fingerprint density at radius 1 is 1.30 bits per heavy atom. The van der Waals surface area contributed by atoms with Crippen LogP contribution in [0.3, 0.4) is 0 Å². The number of nitrogens with one attached hydrogen (secondary N) is 3. The van der Waals surface area contributed by atoms with Crippen LogP contribution in [0, 0.1) is 30.1 Å². The highest BCUT2D eigenvalue weighted by Gasteiger charge is 2.55. The standard InChI is InChI=1S/C20H21N7/c1-12-7-18(27-26-12)23-17-8-16-15(3-2-6-22-16)19(24-17)25-20-9-13(4-5-21)14(10-20)11-20/h2-3,6-8,13-14H,4,9-11H2,1H3,(H3,23,24,25,26,27). The van der Waals surface area contributed by atoms with E-state index in [-0.39, 0.29) is 5.54 Å². The highest BCUT2D eigenvalue weighted by atomic mass is 15.2. The molecule has 3 aliphatic carbocycles. The van der Waals surface area contributed by atoms with Crippen LogP contribution in [0.1, 0.15) is 31.4 Å². The van der Waals surface area contributed by atoms with Gasteiger partial charge in [0.2, 0.25) is 0 Å². The predicted molar refractivity (Wildman–Crippen MR) is 104 cm³/mol. The second-order valence-corrected chi connectivity index (χ2v) is 7.89. The van der Waals surface area contributed by atoms with Gasteiger partial charge in [-0.25, -0.2) is 4.98 Å². The number of anilines is 3. The van der Waals surface area contributed by atoms with Crippen molar-refractivity contribution in [3.63, 3.8) is 0 Å². The minimum Gasteiger partial charge on any atom is -0.364 e. The molecule has 27 heavy (non-hydrogen) atoms. The lowest BCUT2D eigenvalue weighted by atomic mass is 9.76. The molecule has 3 aliphatic rings. The van der Waals surface area contributed by atoms with Crippen molar-refractivity contribution >= 4 is 28.4 Å². The molecule has 7 nitrogen and oxygen atoms in total. The molecular weight excluding hydrogens is 338 g/mol. The number of nitriles is 1. The summed E-state index contributed by atoms with van der Waals surface area (Å²) in [6.45, 7) is 1.96. The van der Waals surface area contributed by atoms with E-state index in [2.05, 4.69) is 38.0 Å². The Hall–Kier alpha value is -3.14. The van der Waals surface area contributed by atoms with Crippen LogP contribution in [0.4, 0.5) is 17.5 Å². The minimum atomic E-state index is 0.0729. The molecule has 0 spiro atoms. The van der Waals surface area contributed by atoms with Gasteiger partial charge in [-0.05, 0) is 50.2 Å². The van der Waals surface area contributed by atoms with Crippen molar-refractivity contribution in [3.8, 4) is 6.07 Å². The zero-order valence-electron chi connectivity index (χ0n) is 15.2. The maximum Gasteiger partial charge on any atom is 0.153 e. The quantitative estimate of drug-likeness (QED) is 0.638. The first-order valence-electron chi connectivity index (χ1n) is 9.34. The summed E-state index contributed by atoms with van der Waals surface area (Å²) in [5, 5.41) is 24.2. The van der Waals surface area contributed by atoms with Gasteiger partial charge in [-0.3, -0.25) is 10.1 Å². The molecule has 7 heteroatoms. The Morgan fingerprint density at radius 3 is 2.96 bits per heavy atom. The van der Waals surface area contributed by atoms with Crippen molar-refractivity contribution in [2.24, 2.45) is 11.8 Å². The highest BCUT2D eigenvalue weighted by Crippen LogP contribution is 2.58. The predicted octanol–water partition coefficient (Wildman–Crippen LogP) is 3.90. The van der Waals surface area contributed by atoms with Crippen molar-refractivity contribution in [1.29, 1.82) is 5.26 Å². The first-order chi connectivity index (χ1) is 13.1. The smallest absolute Gasteiger partial charge is 0.153 e. The number of H-pyrrole nitrogens is 1. The SMILES string of the molecule is Cc1cc(Nc2cc3ncccc3c(NC34CC(CC#N)C(C3)C4)n2)n[nH]1. The number of hydrogen-bond donors (Lipinski definition) is 3. The van der Waals surface area contributed by atoms with Crippen LogP contribution in [0.5, 0.6) is 0 Å². The van der Waals surface area contributed by atoms with Gasteiger partial charge in [-0.2, -0.15) is 10.4 Å². The lowest BCUT2D eigenvalue weighted by molar-refractivity contribution is 0.252. The molecule has 136 valence electrons. The minimum absolute atomic E-state index is 0.0729. The molecule has 3 fully saturated rings. The normalized spacial score (nSPS) is 25.8. The summed E-state index contributed by atoms with van der Waals surface area (Å²) in [6, 6.07) is 10.2. The van der Waals surface area contributed by atoms with Gasteiger partial charge < -0.3 is 10.6 Å². The van der Waals surface area contributed by atoms with E-state index in [1.807, 2.05) is 25.1 Å². The number of aromatic amines is 1. The van der Waals surface area contributed by atoms with Crippen molar-refractivity contribution in [1.82, 2.24) is 20.2 Å². The summed E-state index contributed by atoms with van der Waals surface area (Å²) in [5.41, 5.74) is 1.95. The third-order valence-electron chi connectivity index (χ3n) is 5.92.